The molecule has 3 unspecified atom stereocenters. The second kappa shape index (κ2) is 15.7. The first-order valence-electron chi connectivity index (χ1n) is 15.4. The fraction of sp³-hybridized carbons (Fsp3) is 0.297. The van der Waals surface area contributed by atoms with Crippen LogP contribution in [0.15, 0.2) is 85.1 Å². The van der Waals surface area contributed by atoms with Gasteiger partial charge in [-0.1, -0.05) is 42.5 Å². The quantitative estimate of drug-likeness (QED) is 0.200. The number of nitrogens with one attached hydrogen (secondary N) is 1. The number of halogens is 3. The van der Waals surface area contributed by atoms with Gasteiger partial charge in [0.15, 0.2) is 0 Å². The Morgan fingerprint density at radius 3 is 2.27 bits per heavy atom. The average Bonchev–Trinajstić information content (AvgIpc) is 3.49. The van der Waals surface area contributed by atoms with E-state index < -0.39 is 41.3 Å². The van der Waals surface area contributed by atoms with E-state index in [0.717, 1.165) is 29.8 Å². The molecule has 4 aromatic rings. The Morgan fingerprint density at radius 2 is 1.67 bits per heavy atom. The lowest BCUT2D eigenvalue weighted by molar-refractivity contribution is -0.133. The predicted molar refractivity (Wildman–Crippen MR) is 176 cm³/mol. The molecular formula is C37H39F3N4O4. The number of benzene rings is 3. The SMILES string of the molecule is COC(C)(C)C.NC(=O)c1cc(-c2cccnc2C(Cc2cc(F)cc(F)c2)NC(=O)C2CCC(c3ccccc3)N2C=O)ccc1F. The van der Waals surface area contributed by atoms with Gasteiger partial charge in [-0.15, -0.1) is 0 Å². The van der Waals surface area contributed by atoms with Gasteiger partial charge in [0.2, 0.25) is 12.3 Å². The van der Waals surface area contributed by atoms with Crippen molar-refractivity contribution in [2.75, 3.05) is 7.11 Å². The van der Waals surface area contributed by atoms with Gasteiger partial charge in [-0.2, -0.15) is 0 Å². The number of carbonyl (C=O) groups excluding carboxylic acids is 3. The molecule has 8 nitrogen and oxygen atoms in total. The number of aromatic nitrogens is 1. The van der Waals surface area contributed by atoms with Crippen LogP contribution in [0.5, 0.6) is 0 Å². The van der Waals surface area contributed by atoms with Crippen molar-refractivity contribution in [3.63, 3.8) is 0 Å². The molecule has 0 spiro atoms. The van der Waals surface area contributed by atoms with Crippen molar-refractivity contribution in [1.29, 1.82) is 0 Å². The highest BCUT2D eigenvalue weighted by Gasteiger charge is 2.38. The predicted octanol–water partition coefficient (Wildman–Crippen LogP) is 6.46. The molecule has 0 aliphatic carbocycles. The second-order valence-electron chi connectivity index (χ2n) is 12.4. The van der Waals surface area contributed by atoms with Crippen LogP contribution in [0.25, 0.3) is 11.1 Å². The summed E-state index contributed by atoms with van der Waals surface area (Å²) in [5, 5.41) is 2.95. The first kappa shape index (κ1) is 35.8. The number of carbonyl (C=O) groups is 3. The average molecular weight is 661 g/mol. The number of amides is 3. The fourth-order valence-corrected chi connectivity index (χ4v) is 5.53. The van der Waals surface area contributed by atoms with Crippen molar-refractivity contribution < 1.29 is 32.3 Å². The number of nitrogens with two attached hydrogens (primary N) is 1. The molecule has 2 heterocycles. The summed E-state index contributed by atoms with van der Waals surface area (Å²) >= 11 is 0. The number of ether oxygens (including phenoxy) is 1. The van der Waals surface area contributed by atoms with Gasteiger partial charge >= 0.3 is 0 Å². The summed E-state index contributed by atoms with van der Waals surface area (Å²) in [5.74, 6) is -3.77. The van der Waals surface area contributed by atoms with Gasteiger partial charge in [0.1, 0.15) is 23.5 Å². The molecule has 1 fully saturated rings. The number of rotatable bonds is 9. The van der Waals surface area contributed by atoms with Gasteiger partial charge in [-0.25, -0.2) is 13.2 Å². The number of pyridine rings is 1. The molecule has 48 heavy (non-hydrogen) atoms. The minimum absolute atomic E-state index is 0.0417. The highest BCUT2D eigenvalue weighted by atomic mass is 19.1. The number of likely N-dealkylation sites (tertiary alicyclic amines) is 1. The molecule has 3 amide bonds. The van der Waals surface area contributed by atoms with E-state index in [9.17, 15) is 27.6 Å². The van der Waals surface area contributed by atoms with Crippen LogP contribution in [0.1, 0.15) is 72.9 Å². The highest BCUT2D eigenvalue weighted by Crippen LogP contribution is 2.36. The van der Waals surface area contributed by atoms with Crippen molar-refractivity contribution >= 4 is 18.2 Å². The molecule has 0 radical (unpaired) electrons. The Bertz CT molecular complexity index is 1730. The molecule has 3 N–H and O–H groups in total. The third kappa shape index (κ3) is 9.07. The minimum atomic E-state index is -0.956. The maximum Gasteiger partial charge on any atom is 0.251 e. The smallest absolute Gasteiger partial charge is 0.251 e. The van der Waals surface area contributed by atoms with E-state index in [4.69, 9.17) is 10.5 Å². The normalized spacial score (nSPS) is 16.4. The van der Waals surface area contributed by atoms with Gasteiger partial charge in [0, 0.05) is 24.9 Å². The first-order chi connectivity index (χ1) is 22.8. The van der Waals surface area contributed by atoms with Crippen molar-refractivity contribution in [2.24, 2.45) is 5.73 Å². The maximum atomic E-state index is 14.3. The van der Waals surface area contributed by atoms with Crippen LogP contribution in [0, 0.1) is 17.5 Å². The van der Waals surface area contributed by atoms with Crippen LogP contribution < -0.4 is 11.1 Å². The van der Waals surface area contributed by atoms with Crippen LogP contribution >= 0.6 is 0 Å². The van der Waals surface area contributed by atoms with E-state index >= 15 is 0 Å². The summed E-state index contributed by atoms with van der Waals surface area (Å²) in [4.78, 5) is 43.7. The van der Waals surface area contributed by atoms with E-state index in [1.54, 1.807) is 19.2 Å². The number of hydrogen-bond donors (Lipinski definition) is 2. The Labute approximate surface area is 278 Å². The van der Waals surface area contributed by atoms with Gasteiger partial charge in [-0.3, -0.25) is 19.4 Å². The van der Waals surface area contributed by atoms with E-state index in [2.05, 4.69) is 10.3 Å². The lowest BCUT2D eigenvalue weighted by Gasteiger charge is -2.28. The van der Waals surface area contributed by atoms with Gasteiger partial charge in [-0.05, 0) is 87.1 Å². The zero-order chi connectivity index (χ0) is 35.0. The number of nitrogens with zero attached hydrogens (tertiary/aromatic N) is 2. The molecule has 5 rings (SSSR count). The molecule has 3 aromatic carbocycles. The number of hydrogen-bond acceptors (Lipinski definition) is 5. The van der Waals surface area contributed by atoms with Crippen molar-refractivity contribution in [3.05, 3.63) is 125 Å². The molecule has 1 aliphatic heterocycles. The van der Waals surface area contributed by atoms with E-state index in [0.29, 0.717) is 36.1 Å². The summed E-state index contributed by atoms with van der Waals surface area (Å²) < 4.78 is 47.4. The van der Waals surface area contributed by atoms with Gasteiger partial charge in [0.05, 0.1) is 28.9 Å². The lowest BCUT2D eigenvalue weighted by Crippen LogP contribution is -2.45. The van der Waals surface area contributed by atoms with Crippen molar-refractivity contribution in [1.82, 2.24) is 15.2 Å². The highest BCUT2D eigenvalue weighted by molar-refractivity contribution is 5.94. The van der Waals surface area contributed by atoms with Crippen molar-refractivity contribution in [2.45, 2.75) is 63.8 Å². The topological polar surface area (TPSA) is 115 Å². The van der Waals surface area contributed by atoms with Crippen LogP contribution in [0.4, 0.5) is 13.2 Å². The third-order valence-corrected chi connectivity index (χ3v) is 8.04. The van der Waals surface area contributed by atoms with Crippen LogP contribution in [0.3, 0.4) is 0 Å². The summed E-state index contributed by atoms with van der Waals surface area (Å²) in [7, 11) is 1.71. The summed E-state index contributed by atoms with van der Waals surface area (Å²) in [6.07, 6.45) is 3.06. The monoisotopic (exact) mass is 660 g/mol. The van der Waals surface area contributed by atoms with E-state index in [-0.39, 0.29) is 29.2 Å². The van der Waals surface area contributed by atoms with Crippen LogP contribution in [-0.2, 0) is 20.7 Å². The van der Waals surface area contributed by atoms with E-state index in [1.807, 2.05) is 51.1 Å². The van der Waals surface area contributed by atoms with E-state index in [1.165, 1.54) is 23.2 Å². The molecule has 1 aromatic heterocycles. The Morgan fingerprint density at radius 1 is 1.00 bits per heavy atom. The zero-order valence-corrected chi connectivity index (χ0v) is 27.3. The molecule has 252 valence electrons. The Balaban J connectivity index is 0.000000794. The van der Waals surface area contributed by atoms with Crippen LogP contribution in [-0.4, -0.2) is 46.9 Å². The van der Waals surface area contributed by atoms with Gasteiger partial charge in [0.25, 0.3) is 5.91 Å². The summed E-state index contributed by atoms with van der Waals surface area (Å²) in [5.41, 5.74) is 7.39. The van der Waals surface area contributed by atoms with Crippen molar-refractivity contribution in [3.8, 4) is 11.1 Å². The van der Waals surface area contributed by atoms with Crippen LogP contribution in [0.2, 0.25) is 0 Å². The zero-order valence-electron chi connectivity index (χ0n) is 27.3. The third-order valence-electron chi connectivity index (χ3n) is 8.04. The minimum Gasteiger partial charge on any atom is -0.379 e. The second-order valence-corrected chi connectivity index (χ2v) is 12.4. The molecular weight excluding hydrogens is 621 g/mol. The summed E-state index contributed by atoms with van der Waals surface area (Å²) in [6, 6.07) is 17.6. The molecule has 1 saturated heterocycles. The Kier molecular flexibility index (Phi) is 11.7. The Hall–Kier alpha value is -5.03. The number of primary amides is 1. The summed E-state index contributed by atoms with van der Waals surface area (Å²) in [6.45, 7) is 6.06. The molecule has 11 heteroatoms. The standard InChI is InChI=1S/C32H27F3N4O3.C5H12O/c33-22-13-19(14-23(34)17-22)15-27(30-24(7-4-12-37-30)21-8-9-26(35)25(16-21)31(36)41)38-32(42)29-11-10-28(39(29)18-40)20-5-2-1-3-6-20;1-5(2,3)6-4/h1-9,12-14,16-18,27-29H,10-11,15H2,(H2,36,41)(H,38,42);1-4H3. The maximum absolute atomic E-state index is 14.3. The molecule has 0 saturated carbocycles. The molecule has 0 bridgehead atoms. The molecule has 3 atom stereocenters. The lowest BCUT2D eigenvalue weighted by atomic mass is 9.94. The fourth-order valence-electron chi connectivity index (χ4n) is 5.53. The largest absolute Gasteiger partial charge is 0.379 e. The first-order valence-corrected chi connectivity index (χ1v) is 15.4. The van der Waals surface area contributed by atoms with Gasteiger partial charge < -0.3 is 20.7 Å². The molecule has 1 aliphatic rings. The number of methoxy groups -OCH3 is 1.